The van der Waals surface area contributed by atoms with Crippen molar-refractivity contribution < 1.29 is 0 Å². The molecular formula is C12H20Cl2N2S. The van der Waals surface area contributed by atoms with Crippen molar-refractivity contribution in [2.75, 3.05) is 26.7 Å². The SMILES string of the molecule is CNCC1CCN(Cc2sccc2Cl)CC1.Cl. The summed E-state index contributed by atoms with van der Waals surface area (Å²) in [4.78, 5) is 3.83. The Morgan fingerprint density at radius 3 is 2.71 bits per heavy atom. The number of hydrogen-bond acceptors (Lipinski definition) is 3. The maximum absolute atomic E-state index is 6.11. The molecule has 2 nitrogen and oxygen atoms in total. The highest BCUT2D eigenvalue weighted by atomic mass is 35.5. The third-order valence-corrected chi connectivity index (χ3v) is 4.63. The number of thiophene rings is 1. The number of piperidine rings is 1. The molecule has 5 heteroatoms. The van der Waals surface area contributed by atoms with Gasteiger partial charge in [-0.1, -0.05) is 11.6 Å². The monoisotopic (exact) mass is 294 g/mol. The molecule has 2 heterocycles. The summed E-state index contributed by atoms with van der Waals surface area (Å²) in [5.41, 5.74) is 0. The Morgan fingerprint density at radius 2 is 2.18 bits per heavy atom. The van der Waals surface area contributed by atoms with E-state index in [4.69, 9.17) is 11.6 Å². The molecule has 0 unspecified atom stereocenters. The molecule has 98 valence electrons. The largest absolute Gasteiger partial charge is 0.319 e. The third-order valence-electron chi connectivity index (χ3n) is 3.26. The number of likely N-dealkylation sites (tertiary alicyclic amines) is 1. The summed E-state index contributed by atoms with van der Waals surface area (Å²) in [6.45, 7) is 4.61. The van der Waals surface area contributed by atoms with Gasteiger partial charge in [-0.25, -0.2) is 0 Å². The lowest BCUT2D eigenvalue weighted by Crippen LogP contribution is -2.36. The van der Waals surface area contributed by atoms with E-state index in [1.54, 1.807) is 11.3 Å². The van der Waals surface area contributed by atoms with Gasteiger partial charge in [-0.2, -0.15) is 0 Å². The molecule has 0 amide bonds. The molecule has 17 heavy (non-hydrogen) atoms. The number of rotatable bonds is 4. The first-order chi connectivity index (χ1) is 7.79. The van der Waals surface area contributed by atoms with Crippen molar-refractivity contribution in [1.82, 2.24) is 10.2 Å². The predicted molar refractivity (Wildman–Crippen MR) is 78.5 cm³/mol. The van der Waals surface area contributed by atoms with Crippen molar-refractivity contribution in [1.29, 1.82) is 0 Å². The average molecular weight is 295 g/mol. The molecule has 0 spiro atoms. The zero-order valence-corrected chi connectivity index (χ0v) is 12.5. The van der Waals surface area contributed by atoms with Crippen molar-refractivity contribution in [2.24, 2.45) is 5.92 Å². The normalized spacial score (nSPS) is 18.0. The fourth-order valence-electron chi connectivity index (χ4n) is 2.28. The van der Waals surface area contributed by atoms with Crippen LogP contribution in [0.25, 0.3) is 0 Å². The van der Waals surface area contributed by atoms with Gasteiger partial charge in [-0.05, 0) is 56.9 Å². The predicted octanol–water partition coefficient (Wildman–Crippen LogP) is 3.25. The summed E-state index contributed by atoms with van der Waals surface area (Å²) in [5.74, 6) is 0.861. The molecule has 1 saturated heterocycles. The van der Waals surface area contributed by atoms with Crippen LogP contribution in [0.15, 0.2) is 11.4 Å². The minimum absolute atomic E-state index is 0. The van der Waals surface area contributed by atoms with Crippen LogP contribution >= 0.6 is 35.3 Å². The van der Waals surface area contributed by atoms with E-state index in [-0.39, 0.29) is 12.4 Å². The van der Waals surface area contributed by atoms with Crippen molar-refractivity contribution in [3.8, 4) is 0 Å². The molecule has 0 bridgehead atoms. The van der Waals surface area contributed by atoms with E-state index < -0.39 is 0 Å². The van der Waals surface area contributed by atoms with Crippen LogP contribution < -0.4 is 5.32 Å². The van der Waals surface area contributed by atoms with Gasteiger partial charge in [0.2, 0.25) is 0 Å². The number of hydrogen-bond donors (Lipinski definition) is 1. The second-order valence-corrected chi connectivity index (χ2v) is 5.88. The Labute approximate surface area is 119 Å². The Balaban J connectivity index is 0.00000144. The van der Waals surface area contributed by atoms with Gasteiger partial charge in [0.05, 0.1) is 5.02 Å². The van der Waals surface area contributed by atoms with Crippen LogP contribution in [0.2, 0.25) is 5.02 Å². The zero-order chi connectivity index (χ0) is 11.4. The summed E-state index contributed by atoms with van der Waals surface area (Å²) < 4.78 is 0. The Bertz CT molecular complexity index is 322. The first-order valence-electron chi connectivity index (χ1n) is 5.88. The molecule has 0 aromatic carbocycles. The summed E-state index contributed by atoms with van der Waals surface area (Å²) >= 11 is 7.88. The summed E-state index contributed by atoms with van der Waals surface area (Å²) in [6, 6.07) is 2.00. The number of nitrogens with one attached hydrogen (secondary N) is 1. The van der Waals surface area contributed by atoms with E-state index in [1.807, 2.05) is 13.1 Å². The summed E-state index contributed by atoms with van der Waals surface area (Å²) in [6.07, 6.45) is 2.62. The third kappa shape index (κ3) is 4.42. The van der Waals surface area contributed by atoms with Crippen LogP contribution in [0.1, 0.15) is 17.7 Å². The maximum atomic E-state index is 6.11. The highest BCUT2D eigenvalue weighted by molar-refractivity contribution is 7.10. The molecule has 1 N–H and O–H groups in total. The molecule has 1 aromatic rings. The first kappa shape index (κ1) is 15.3. The molecule has 0 radical (unpaired) electrons. The molecule has 1 fully saturated rings. The average Bonchev–Trinajstić information content (AvgIpc) is 2.68. The van der Waals surface area contributed by atoms with Crippen molar-refractivity contribution >= 4 is 35.3 Å². The summed E-state index contributed by atoms with van der Waals surface area (Å²) in [7, 11) is 2.04. The smallest absolute Gasteiger partial charge is 0.0558 e. The summed E-state index contributed by atoms with van der Waals surface area (Å²) in [5, 5.41) is 6.28. The fourth-order valence-corrected chi connectivity index (χ4v) is 3.42. The van der Waals surface area contributed by atoms with Gasteiger partial charge in [-0.15, -0.1) is 23.7 Å². The van der Waals surface area contributed by atoms with E-state index in [2.05, 4.69) is 15.6 Å². The molecule has 0 aliphatic carbocycles. The van der Waals surface area contributed by atoms with Crippen LogP contribution in [0.4, 0.5) is 0 Å². The van der Waals surface area contributed by atoms with Crippen LogP contribution in [0, 0.1) is 5.92 Å². The van der Waals surface area contributed by atoms with Gasteiger partial charge < -0.3 is 5.32 Å². The van der Waals surface area contributed by atoms with Gasteiger partial charge in [0.25, 0.3) is 0 Å². The molecule has 1 aliphatic heterocycles. The van der Waals surface area contributed by atoms with E-state index in [0.29, 0.717) is 0 Å². The molecule has 1 aliphatic rings. The van der Waals surface area contributed by atoms with Gasteiger partial charge in [0.1, 0.15) is 0 Å². The lowest BCUT2D eigenvalue weighted by Gasteiger charge is -2.31. The van der Waals surface area contributed by atoms with E-state index in [9.17, 15) is 0 Å². The van der Waals surface area contributed by atoms with Crippen molar-refractivity contribution in [3.05, 3.63) is 21.3 Å². The highest BCUT2D eigenvalue weighted by Gasteiger charge is 2.19. The van der Waals surface area contributed by atoms with Crippen LogP contribution in [-0.4, -0.2) is 31.6 Å². The van der Waals surface area contributed by atoms with Gasteiger partial charge in [0, 0.05) is 11.4 Å². The minimum Gasteiger partial charge on any atom is -0.319 e. The van der Waals surface area contributed by atoms with Crippen LogP contribution in [0.3, 0.4) is 0 Å². The maximum Gasteiger partial charge on any atom is 0.0558 e. The van der Waals surface area contributed by atoms with Gasteiger partial charge in [0.15, 0.2) is 0 Å². The minimum atomic E-state index is 0. The lowest BCUT2D eigenvalue weighted by atomic mass is 9.97. The molecule has 2 rings (SSSR count). The number of nitrogens with zero attached hydrogens (tertiary/aromatic N) is 1. The van der Waals surface area contributed by atoms with Crippen LogP contribution in [-0.2, 0) is 6.54 Å². The Kier molecular flexibility index (Phi) is 6.82. The zero-order valence-electron chi connectivity index (χ0n) is 10.1. The lowest BCUT2D eigenvalue weighted by molar-refractivity contribution is 0.178. The second-order valence-electron chi connectivity index (χ2n) is 4.47. The van der Waals surface area contributed by atoms with Gasteiger partial charge >= 0.3 is 0 Å². The molecule has 0 saturated carbocycles. The fraction of sp³-hybridized carbons (Fsp3) is 0.667. The van der Waals surface area contributed by atoms with E-state index >= 15 is 0 Å². The second kappa shape index (κ2) is 7.59. The van der Waals surface area contributed by atoms with Crippen LogP contribution in [0.5, 0.6) is 0 Å². The Morgan fingerprint density at radius 1 is 1.47 bits per heavy atom. The van der Waals surface area contributed by atoms with Crippen molar-refractivity contribution in [3.63, 3.8) is 0 Å². The Hall–Kier alpha value is 0.200. The van der Waals surface area contributed by atoms with Crippen molar-refractivity contribution in [2.45, 2.75) is 19.4 Å². The van der Waals surface area contributed by atoms with Gasteiger partial charge in [-0.3, -0.25) is 4.90 Å². The molecular weight excluding hydrogens is 275 g/mol. The van der Waals surface area contributed by atoms with E-state index in [1.165, 1.54) is 30.8 Å². The molecule has 1 aromatic heterocycles. The topological polar surface area (TPSA) is 15.3 Å². The standard InChI is InChI=1S/C12H19ClN2S.ClH/c1-14-8-10-2-5-15(6-3-10)9-12-11(13)4-7-16-12;/h4,7,10,14H,2-3,5-6,8-9H2,1H3;1H. The van der Waals surface area contributed by atoms with E-state index in [0.717, 1.165) is 24.0 Å². The molecule has 0 atom stereocenters. The highest BCUT2D eigenvalue weighted by Crippen LogP contribution is 2.25. The quantitative estimate of drug-likeness (QED) is 0.917. The number of halogens is 2. The first-order valence-corrected chi connectivity index (χ1v) is 7.14.